The maximum Gasteiger partial charge on any atom is 1.00 e. The molecule has 0 saturated carbocycles. The topological polar surface area (TPSA) is 321 Å². The molecule has 0 bridgehead atoms. The van der Waals surface area contributed by atoms with Gasteiger partial charge < -0.3 is 79.2 Å². The van der Waals surface area contributed by atoms with Crippen molar-refractivity contribution in [3.05, 3.63) is 142 Å². The monoisotopic (exact) mass is 1510 g/mol. The standard InChI is InChI=1S/4C8H6O4.8Ag/c4*9-7(10)5-3-1-2-4-6(5)8(11)12;;;;;;;;/h4*1-4H,(H,9,10)(H,11,12);;;;;;;;/q;;;;8*+1/p-8. The van der Waals surface area contributed by atoms with Crippen LogP contribution in [0, 0.1) is 0 Å². The molecule has 24 heteroatoms. The summed E-state index contributed by atoms with van der Waals surface area (Å²) in [5, 5.41) is 82.6. The van der Waals surface area contributed by atoms with Crippen LogP contribution in [0.3, 0.4) is 0 Å². The first-order valence-corrected chi connectivity index (χ1v) is 12.6. The Morgan fingerprint density at radius 3 is 0.339 bits per heavy atom. The third kappa shape index (κ3) is 25.1. The SMILES string of the molecule is O=C([O-])c1ccccc1C(=O)[O-].O=C([O-])c1ccccc1C(=O)[O-].O=C([O-])c1ccccc1C(=O)[O-].O=C([O-])c1ccccc1C(=O)[O-].[Ag+].[Ag+].[Ag+].[Ag+].[Ag+].[Ag+].[Ag+].[Ag+]. The summed E-state index contributed by atoms with van der Waals surface area (Å²) in [6, 6.07) is 20.5. The Bertz CT molecular complexity index is 1490. The van der Waals surface area contributed by atoms with Crippen molar-refractivity contribution in [1.82, 2.24) is 0 Å². The van der Waals surface area contributed by atoms with E-state index in [-0.39, 0.29) is 224 Å². The van der Waals surface area contributed by atoms with Crippen molar-refractivity contribution in [3.63, 3.8) is 0 Å². The summed E-state index contributed by atoms with van der Waals surface area (Å²) < 4.78 is 0. The molecular formula is C32H16Ag8O16. The van der Waals surface area contributed by atoms with Crippen molar-refractivity contribution in [2.45, 2.75) is 0 Å². The number of rotatable bonds is 8. The van der Waals surface area contributed by atoms with Crippen molar-refractivity contribution >= 4 is 47.8 Å². The van der Waals surface area contributed by atoms with Gasteiger partial charge in [0.1, 0.15) is 0 Å². The Labute approximate surface area is 441 Å². The first-order valence-electron chi connectivity index (χ1n) is 12.6. The summed E-state index contributed by atoms with van der Waals surface area (Å²) in [6.45, 7) is 0. The third-order valence-electron chi connectivity index (χ3n) is 5.47. The zero-order valence-corrected chi connectivity index (χ0v) is 38.0. The average Bonchev–Trinajstić information content (AvgIpc) is 3.05. The minimum absolute atomic E-state index is 0. The summed E-state index contributed by atoms with van der Waals surface area (Å²) in [5.41, 5.74) is -2.91. The van der Waals surface area contributed by atoms with E-state index >= 15 is 0 Å². The molecule has 0 unspecified atom stereocenters. The van der Waals surface area contributed by atoms with Crippen LogP contribution in [0.5, 0.6) is 0 Å². The first kappa shape index (κ1) is 72.2. The Kier molecular flexibility index (Phi) is 48.7. The molecule has 0 aromatic heterocycles. The summed E-state index contributed by atoms with van der Waals surface area (Å²) in [5.74, 6) is -12.1. The second-order valence-corrected chi connectivity index (χ2v) is 8.48. The molecule has 0 radical (unpaired) electrons. The Hall–Kier alpha value is -1.44. The minimum atomic E-state index is -1.52. The molecule has 56 heavy (non-hydrogen) atoms. The van der Waals surface area contributed by atoms with Crippen molar-refractivity contribution in [2.24, 2.45) is 0 Å². The molecule has 0 aliphatic heterocycles. The van der Waals surface area contributed by atoms with Crippen molar-refractivity contribution in [1.29, 1.82) is 0 Å². The van der Waals surface area contributed by atoms with Gasteiger partial charge in [-0.25, -0.2) is 0 Å². The Morgan fingerprint density at radius 1 is 0.214 bits per heavy atom. The molecule has 0 fully saturated rings. The molecule has 4 rings (SSSR count). The second kappa shape index (κ2) is 37.8. The van der Waals surface area contributed by atoms with Gasteiger partial charge in [0, 0.05) is 44.5 Å². The number of carbonyl (C=O) groups is 8. The van der Waals surface area contributed by atoms with Crippen LogP contribution in [-0.4, -0.2) is 47.8 Å². The van der Waals surface area contributed by atoms with E-state index in [1.165, 1.54) is 48.5 Å². The number of aromatic carboxylic acids is 8. The molecule has 0 atom stereocenters. The van der Waals surface area contributed by atoms with Crippen LogP contribution in [0.2, 0.25) is 0 Å². The fourth-order valence-corrected chi connectivity index (χ4v) is 3.36. The van der Waals surface area contributed by atoms with Crippen LogP contribution in [0.1, 0.15) is 82.9 Å². The molecule has 0 aliphatic rings. The molecule has 0 spiro atoms. The molecule has 4 aromatic carbocycles. The largest absolute Gasteiger partial charge is 1.00 e. The van der Waals surface area contributed by atoms with Gasteiger partial charge in [-0.05, 0) is 0 Å². The van der Waals surface area contributed by atoms with E-state index < -0.39 is 47.8 Å². The molecule has 0 saturated heterocycles. The van der Waals surface area contributed by atoms with Crippen molar-refractivity contribution < 1.29 is 258 Å². The predicted molar refractivity (Wildman–Crippen MR) is 140 cm³/mol. The van der Waals surface area contributed by atoms with Gasteiger partial charge in [-0.2, -0.15) is 0 Å². The maximum atomic E-state index is 10.3. The van der Waals surface area contributed by atoms with E-state index in [4.69, 9.17) is 0 Å². The maximum absolute atomic E-state index is 10.3. The summed E-state index contributed by atoms with van der Waals surface area (Å²) >= 11 is 0. The second-order valence-electron chi connectivity index (χ2n) is 8.48. The third-order valence-corrected chi connectivity index (χ3v) is 5.47. The number of benzene rings is 4. The zero-order chi connectivity index (χ0) is 36.6. The summed E-state index contributed by atoms with van der Waals surface area (Å²) in [4.78, 5) is 82.6. The average molecular weight is 1520 g/mol. The smallest absolute Gasteiger partial charge is 0.545 e. The summed E-state index contributed by atoms with van der Waals surface area (Å²) in [7, 11) is 0. The van der Waals surface area contributed by atoms with Gasteiger partial charge in [0.2, 0.25) is 0 Å². The Morgan fingerprint density at radius 2 is 0.286 bits per heavy atom. The van der Waals surface area contributed by atoms with Crippen LogP contribution in [-0.2, 0) is 179 Å². The van der Waals surface area contributed by atoms with E-state index in [1.807, 2.05) is 0 Å². The van der Waals surface area contributed by atoms with Crippen molar-refractivity contribution in [3.8, 4) is 0 Å². The van der Waals surface area contributed by atoms with Gasteiger partial charge in [-0.1, -0.05) is 97.1 Å². The number of hydrogen-bond acceptors (Lipinski definition) is 16. The van der Waals surface area contributed by atoms with E-state index in [0.717, 1.165) is 48.5 Å². The van der Waals surface area contributed by atoms with Crippen LogP contribution >= 0.6 is 0 Å². The molecule has 328 valence electrons. The zero-order valence-electron chi connectivity index (χ0n) is 26.2. The van der Waals surface area contributed by atoms with Gasteiger partial charge in [0.15, 0.2) is 0 Å². The van der Waals surface area contributed by atoms with Gasteiger partial charge in [0.25, 0.3) is 0 Å². The van der Waals surface area contributed by atoms with Gasteiger partial charge >= 0.3 is 179 Å². The predicted octanol–water partition coefficient (Wildman–Crippen LogP) is -6.37. The number of carboxylic acids is 8. The Balaban J connectivity index is -0.0000000873. The van der Waals surface area contributed by atoms with E-state index in [2.05, 4.69) is 0 Å². The number of hydrogen-bond donors (Lipinski definition) is 0. The van der Waals surface area contributed by atoms with E-state index in [9.17, 15) is 79.2 Å². The summed E-state index contributed by atoms with van der Waals surface area (Å²) in [6.07, 6.45) is 0. The number of carboxylic acid groups (broad SMARTS) is 8. The molecule has 0 heterocycles. The van der Waals surface area contributed by atoms with Crippen LogP contribution in [0.15, 0.2) is 97.1 Å². The molecule has 0 amide bonds. The van der Waals surface area contributed by atoms with E-state index in [0.29, 0.717) is 0 Å². The van der Waals surface area contributed by atoms with Crippen LogP contribution in [0.4, 0.5) is 0 Å². The van der Waals surface area contributed by atoms with Crippen LogP contribution in [0.25, 0.3) is 0 Å². The van der Waals surface area contributed by atoms with Gasteiger partial charge in [-0.15, -0.1) is 0 Å². The van der Waals surface area contributed by atoms with E-state index in [1.54, 1.807) is 0 Å². The first-order chi connectivity index (χ1) is 22.5. The van der Waals surface area contributed by atoms with Gasteiger partial charge in [-0.3, -0.25) is 0 Å². The molecular weight excluding hydrogens is 1500 g/mol. The quantitative estimate of drug-likeness (QED) is 0.148. The molecule has 4 aromatic rings. The molecule has 0 aliphatic carbocycles. The van der Waals surface area contributed by atoms with Crippen LogP contribution < -0.4 is 40.9 Å². The molecule has 16 nitrogen and oxygen atoms in total. The van der Waals surface area contributed by atoms with Crippen molar-refractivity contribution in [2.75, 3.05) is 0 Å². The fourth-order valence-electron chi connectivity index (χ4n) is 3.36. The fraction of sp³-hybridized carbons (Fsp3) is 0. The van der Waals surface area contributed by atoms with Gasteiger partial charge in [0.05, 0.1) is 47.8 Å². The minimum Gasteiger partial charge on any atom is -0.545 e. The molecule has 0 N–H and O–H groups in total. The number of carbonyl (C=O) groups excluding carboxylic acids is 8. The normalized spacial score (nSPS) is 8.00.